The Kier molecular flexibility index (Phi) is 7.72. The molecule has 2 aromatic rings. The molecule has 200 valence electrons. The van der Waals surface area contributed by atoms with Gasteiger partial charge in [-0.1, -0.05) is 18.5 Å². The van der Waals surface area contributed by atoms with Crippen LogP contribution in [0.5, 0.6) is 0 Å². The van der Waals surface area contributed by atoms with E-state index in [1.807, 2.05) is 6.92 Å². The molecule has 3 amide bonds. The lowest BCUT2D eigenvalue weighted by atomic mass is 10.0. The number of aromatic nitrogens is 1. The van der Waals surface area contributed by atoms with Gasteiger partial charge in [-0.15, -0.1) is 0 Å². The first-order chi connectivity index (χ1) is 17.5. The molecular formula is C25H30ClF3N6O2. The van der Waals surface area contributed by atoms with Gasteiger partial charge in [0.25, 0.3) is 5.91 Å². The molecule has 1 saturated carbocycles. The van der Waals surface area contributed by atoms with Crippen LogP contribution in [0.1, 0.15) is 54.2 Å². The number of urea groups is 1. The monoisotopic (exact) mass is 538 g/mol. The van der Waals surface area contributed by atoms with E-state index in [2.05, 4.69) is 20.5 Å². The van der Waals surface area contributed by atoms with E-state index in [4.69, 9.17) is 17.3 Å². The number of rotatable bonds is 7. The van der Waals surface area contributed by atoms with Crippen molar-refractivity contribution in [3.05, 3.63) is 46.2 Å². The average Bonchev–Trinajstić information content (AvgIpc) is 3.66. The van der Waals surface area contributed by atoms with Crippen LogP contribution >= 0.6 is 11.6 Å². The number of nitrogens with one attached hydrogen (secondary N) is 2. The van der Waals surface area contributed by atoms with E-state index >= 15 is 0 Å². The van der Waals surface area contributed by atoms with Crippen LogP contribution in [-0.2, 0) is 12.6 Å². The number of primary amides is 1. The van der Waals surface area contributed by atoms with Crippen LogP contribution in [0, 0.1) is 0 Å². The highest BCUT2D eigenvalue weighted by molar-refractivity contribution is 6.31. The lowest BCUT2D eigenvalue weighted by molar-refractivity contribution is -0.137. The zero-order valence-electron chi connectivity index (χ0n) is 20.7. The van der Waals surface area contributed by atoms with Crippen molar-refractivity contribution in [2.45, 2.75) is 57.3 Å². The molecule has 0 bridgehead atoms. The Morgan fingerprint density at radius 3 is 2.57 bits per heavy atom. The Hall–Kier alpha value is -3.21. The number of piperidine rings is 1. The van der Waals surface area contributed by atoms with Gasteiger partial charge in [-0.3, -0.25) is 9.69 Å². The lowest BCUT2D eigenvalue weighted by Gasteiger charge is -2.37. The van der Waals surface area contributed by atoms with Crippen LogP contribution in [0.3, 0.4) is 0 Å². The van der Waals surface area contributed by atoms with Gasteiger partial charge >= 0.3 is 12.2 Å². The van der Waals surface area contributed by atoms with Crippen LogP contribution < -0.4 is 26.2 Å². The maximum Gasteiger partial charge on any atom is 0.416 e. The number of alkyl halides is 3. The van der Waals surface area contributed by atoms with Crippen molar-refractivity contribution < 1.29 is 22.8 Å². The third-order valence-corrected chi connectivity index (χ3v) is 6.89. The molecule has 8 nitrogen and oxygen atoms in total. The van der Waals surface area contributed by atoms with Gasteiger partial charge in [-0.25, -0.2) is 9.78 Å². The van der Waals surface area contributed by atoms with Crippen molar-refractivity contribution in [2.75, 3.05) is 35.3 Å². The van der Waals surface area contributed by atoms with Crippen molar-refractivity contribution >= 4 is 40.6 Å². The molecule has 1 atom stereocenters. The molecule has 1 aromatic heterocycles. The van der Waals surface area contributed by atoms with Crippen LogP contribution in [0.4, 0.5) is 35.0 Å². The Balaban J connectivity index is 1.51. The first-order valence-electron chi connectivity index (χ1n) is 12.2. The van der Waals surface area contributed by atoms with Crippen LogP contribution in [0.15, 0.2) is 24.4 Å². The fourth-order valence-electron chi connectivity index (χ4n) is 4.58. The second-order valence-corrected chi connectivity index (χ2v) is 9.91. The normalized spacial score (nSPS) is 17.9. The number of pyridine rings is 1. The highest BCUT2D eigenvalue weighted by atomic mass is 35.5. The topological polar surface area (TPSA) is 104 Å². The molecule has 4 N–H and O–H groups in total. The molecule has 1 aliphatic carbocycles. The van der Waals surface area contributed by atoms with Gasteiger partial charge in [0.1, 0.15) is 0 Å². The predicted octanol–water partition coefficient (Wildman–Crippen LogP) is 4.80. The number of amides is 3. The van der Waals surface area contributed by atoms with E-state index in [9.17, 15) is 22.8 Å². The van der Waals surface area contributed by atoms with E-state index < -0.39 is 23.7 Å². The van der Waals surface area contributed by atoms with E-state index in [1.165, 1.54) is 13.1 Å². The van der Waals surface area contributed by atoms with Gasteiger partial charge in [-0.05, 0) is 50.3 Å². The highest BCUT2D eigenvalue weighted by Gasteiger charge is 2.33. The van der Waals surface area contributed by atoms with Crippen molar-refractivity contribution in [1.82, 2.24) is 10.3 Å². The summed E-state index contributed by atoms with van der Waals surface area (Å²) in [6, 6.07) is 2.56. The molecule has 4 rings (SSSR count). The van der Waals surface area contributed by atoms with Gasteiger partial charge in [0, 0.05) is 48.5 Å². The minimum atomic E-state index is -4.58. The van der Waals surface area contributed by atoms with E-state index in [0.29, 0.717) is 31.1 Å². The summed E-state index contributed by atoms with van der Waals surface area (Å²) in [7, 11) is 1.40. The molecule has 0 spiro atoms. The average molecular weight is 539 g/mol. The second kappa shape index (κ2) is 10.6. The molecule has 0 radical (unpaired) electrons. The summed E-state index contributed by atoms with van der Waals surface area (Å²) < 4.78 is 39.6. The van der Waals surface area contributed by atoms with Crippen molar-refractivity contribution in [1.29, 1.82) is 0 Å². The van der Waals surface area contributed by atoms with Gasteiger partial charge in [-0.2, -0.15) is 13.2 Å². The number of anilines is 3. The number of hydrogen-bond acceptors (Lipinski definition) is 5. The predicted molar refractivity (Wildman–Crippen MR) is 137 cm³/mol. The van der Waals surface area contributed by atoms with Crippen LogP contribution in [0.25, 0.3) is 0 Å². The van der Waals surface area contributed by atoms with E-state index in [1.54, 1.807) is 6.20 Å². The third-order valence-electron chi connectivity index (χ3n) is 6.67. The maximum absolute atomic E-state index is 13.2. The Labute approximate surface area is 218 Å². The van der Waals surface area contributed by atoms with Crippen molar-refractivity contribution in [3.63, 3.8) is 0 Å². The smallest absolute Gasteiger partial charge is 0.380 e. The summed E-state index contributed by atoms with van der Waals surface area (Å²) in [6.45, 7) is 3.22. The van der Waals surface area contributed by atoms with Gasteiger partial charge in [0.2, 0.25) is 0 Å². The fourth-order valence-corrected chi connectivity index (χ4v) is 4.81. The molecule has 2 fully saturated rings. The summed E-state index contributed by atoms with van der Waals surface area (Å²) in [5.74, 6) is -0.592. The van der Waals surface area contributed by atoms with Gasteiger partial charge in [0.15, 0.2) is 5.69 Å². The minimum Gasteiger partial charge on any atom is -0.380 e. The molecule has 2 heterocycles. The summed E-state index contributed by atoms with van der Waals surface area (Å²) in [5, 5.41) is 6.22. The number of halogens is 4. The second-order valence-electron chi connectivity index (χ2n) is 9.47. The molecule has 1 saturated heterocycles. The fraction of sp³-hybridized carbons (Fsp3) is 0.480. The highest BCUT2D eigenvalue weighted by Crippen LogP contribution is 2.36. The van der Waals surface area contributed by atoms with E-state index in [0.717, 1.165) is 54.1 Å². The Morgan fingerprint density at radius 1 is 1.22 bits per heavy atom. The summed E-state index contributed by atoms with van der Waals surface area (Å²) in [5.41, 5.74) is 7.40. The van der Waals surface area contributed by atoms with Crippen molar-refractivity contribution in [2.24, 2.45) is 5.73 Å². The van der Waals surface area contributed by atoms with Gasteiger partial charge < -0.3 is 21.3 Å². The molecule has 1 unspecified atom stereocenters. The number of nitrogens with two attached hydrogens (primary N) is 1. The maximum atomic E-state index is 13.2. The SMILES string of the molecule is CCc1c(N2CCCC(NC(=O)N(C)c3cc(Cl)cc(C(F)(F)F)c3)C2)cnc(C(N)=O)c1NC1CC1. The number of nitrogens with zero attached hydrogens (tertiary/aromatic N) is 3. The number of hydrogen-bond donors (Lipinski definition) is 3. The zero-order valence-corrected chi connectivity index (χ0v) is 21.4. The molecular weight excluding hydrogens is 509 g/mol. The molecule has 1 aliphatic heterocycles. The summed E-state index contributed by atoms with van der Waals surface area (Å²) in [6.07, 6.45) is 1.26. The first kappa shape index (κ1) is 26.8. The number of benzene rings is 1. The van der Waals surface area contributed by atoms with Crippen LogP contribution in [0.2, 0.25) is 5.02 Å². The Morgan fingerprint density at radius 2 is 1.95 bits per heavy atom. The third kappa shape index (κ3) is 6.20. The number of carbonyl (C=O) groups excluding carboxylic acids is 2. The zero-order chi connectivity index (χ0) is 26.9. The minimum absolute atomic E-state index is 0.0419. The Bertz CT molecular complexity index is 1190. The van der Waals surface area contributed by atoms with Gasteiger partial charge in [0.05, 0.1) is 23.1 Å². The summed E-state index contributed by atoms with van der Waals surface area (Å²) in [4.78, 5) is 32.6. The van der Waals surface area contributed by atoms with Crippen LogP contribution in [-0.4, -0.2) is 49.1 Å². The first-order valence-corrected chi connectivity index (χ1v) is 12.6. The standard InChI is InChI=1S/C25H30ClF3N6O2/c1-3-19-20(12-31-22(23(30)36)21(19)32-16-6-7-16)35-8-4-5-17(13-35)33-24(37)34(2)18-10-14(25(27,28)29)9-15(26)11-18/h9-12,16-17,32H,3-8,13H2,1-2H3,(H2,30,36)(H,33,37). The molecule has 37 heavy (non-hydrogen) atoms. The molecule has 2 aliphatic rings. The molecule has 1 aromatic carbocycles. The molecule has 12 heteroatoms. The quantitative estimate of drug-likeness (QED) is 0.469. The number of carbonyl (C=O) groups is 2. The lowest BCUT2D eigenvalue weighted by Crippen LogP contribution is -2.51. The largest absolute Gasteiger partial charge is 0.416 e. The van der Waals surface area contributed by atoms with E-state index in [-0.39, 0.29) is 22.4 Å². The van der Waals surface area contributed by atoms with Crippen molar-refractivity contribution in [3.8, 4) is 0 Å². The summed E-state index contributed by atoms with van der Waals surface area (Å²) >= 11 is 5.89.